The second kappa shape index (κ2) is 7.11. The zero-order chi connectivity index (χ0) is 17.2. The summed E-state index contributed by atoms with van der Waals surface area (Å²) in [7, 11) is -1.03. The van der Waals surface area contributed by atoms with E-state index in [-0.39, 0.29) is 11.9 Å². The van der Waals surface area contributed by atoms with Gasteiger partial charge in [0.25, 0.3) is 5.91 Å². The van der Waals surface area contributed by atoms with Crippen LogP contribution in [0.1, 0.15) is 31.1 Å². The lowest BCUT2D eigenvalue weighted by Gasteiger charge is -2.41. The first kappa shape index (κ1) is 18.1. The third kappa shape index (κ3) is 4.86. The van der Waals surface area contributed by atoms with Crippen molar-refractivity contribution in [2.75, 3.05) is 32.4 Å². The largest absolute Gasteiger partial charge is 0.389 e. The zero-order valence-corrected chi connectivity index (χ0v) is 15.1. The van der Waals surface area contributed by atoms with Gasteiger partial charge in [-0.25, -0.2) is 0 Å². The van der Waals surface area contributed by atoms with Crippen molar-refractivity contribution < 1.29 is 14.1 Å². The summed E-state index contributed by atoms with van der Waals surface area (Å²) < 4.78 is 11.4. The third-order valence-corrected chi connectivity index (χ3v) is 4.95. The quantitative estimate of drug-likeness (QED) is 0.900. The van der Waals surface area contributed by atoms with Crippen molar-refractivity contribution in [3.05, 3.63) is 29.8 Å². The number of amides is 1. The van der Waals surface area contributed by atoms with Gasteiger partial charge in [-0.1, -0.05) is 0 Å². The molecule has 1 heterocycles. The molecule has 0 aliphatic carbocycles. The lowest BCUT2D eigenvalue weighted by Crippen LogP contribution is -2.56. The number of benzene rings is 1. The van der Waals surface area contributed by atoms with Crippen molar-refractivity contribution in [2.24, 2.45) is 0 Å². The van der Waals surface area contributed by atoms with Gasteiger partial charge in [-0.05, 0) is 45.0 Å². The van der Waals surface area contributed by atoms with Gasteiger partial charge in [0, 0.05) is 59.7 Å². The molecule has 1 saturated heterocycles. The molecule has 5 nitrogen and oxygen atoms in total. The van der Waals surface area contributed by atoms with Gasteiger partial charge in [0.15, 0.2) is 0 Å². The summed E-state index contributed by atoms with van der Waals surface area (Å²) in [5.74, 6) is 0.00819. The normalized spacial score (nSPS) is 21.3. The van der Waals surface area contributed by atoms with Crippen LogP contribution in [-0.2, 0) is 10.8 Å². The van der Waals surface area contributed by atoms with Crippen molar-refractivity contribution in [3.8, 4) is 0 Å². The van der Waals surface area contributed by atoms with E-state index in [2.05, 4.69) is 4.90 Å². The molecular weight excluding hydrogens is 312 g/mol. The maximum atomic E-state index is 12.7. The highest BCUT2D eigenvalue weighted by Gasteiger charge is 2.30. The smallest absolute Gasteiger partial charge is 0.254 e. The van der Waals surface area contributed by atoms with Gasteiger partial charge >= 0.3 is 0 Å². The van der Waals surface area contributed by atoms with Crippen LogP contribution in [0.5, 0.6) is 0 Å². The fourth-order valence-electron chi connectivity index (χ4n) is 2.98. The van der Waals surface area contributed by atoms with Crippen LogP contribution in [0.4, 0.5) is 0 Å². The monoisotopic (exact) mass is 338 g/mol. The third-order valence-electron chi connectivity index (χ3n) is 4.02. The van der Waals surface area contributed by atoms with E-state index in [0.29, 0.717) is 18.7 Å². The van der Waals surface area contributed by atoms with Crippen LogP contribution in [0, 0.1) is 0 Å². The summed E-state index contributed by atoms with van der Waals surface area (Å²) in [5.41, 5.74) is -0.0978. The second-order valence-electron chi connectivity index (χ2n) is 6.87. The number of carbonyl (C=O) groups excluding carboxylic acids is 1. The Morgan fingerprint density at radius 2 is 1.91 bits per heavy atom. The van der Waals surface area contributed by atoms with Crippen molar-refractivity contribution in [3.63, 3.8) is 0 Å². The predicted octanol–water partition coefficient (Wildman–Crippen LogP) is 1.34. The molecule has 1 amide bonds. The average molecular weight is 338 g/mol. The Kier molecular flexibility index (Phi) is 5.60. The summed E-state index contributed by atoms with van der Waals surface area (Å²) in [4.78, 5) is 17.5. The van der Waals surface area contributed by atoms with E-state index < -0.39 is 16.4 Å². The number of hydrogen-bond acceptors (Lipinski definition) is 4. The first-order valence-corrected chi connectivity index (χ1v) is 9.42. The van der Waals surface area contributed by atoms with Crippen LogP contribution in [0.25, 0.3) is 0 Å². The molecule has 128 valence electrons. The number of hydrogen-bond donors (Lipinski definition) is 1. The summed E-state index contributed by atoms with van der Waals surface area (Å²) >= 11 is 0. The number of β-amino-alcohol motifs (C(OH)–C–C–N with tert-alkyl or cyclic N) is 1. The summed E-state index contributed by atoms with van der Waals surface area (Å²) in [5, 5.41) is 9.93. The molecule has 1 aromatic carbocycles. The van der Waals surface area contributed by atoms with E-state index in [1.807, 2.05) is 11.8 Å². The predicted molar refractivity (Wildman–Crippen MR) is 92.0 cm³/mol. The van der Waals surface area contributed by atoms with E-state index >= 15 is 0 Å². The Morgan fingerprint density at radius 3 is 2.39 bits per heavy atom. The molecule has 0 bridgehead atoms. The van der Waals surface area contributed by atoms with Gasteiger partial charge in [0.05, 0.1) is 5.60 Å². The highest BCUT2D eigenvalue weighted by atomic mass is 32.2. The molecule has 23 heavy (non-hydrogen) atoms. The van der Waals surface area contributed by atoms with E-state index in [9.17, 15) is 14.1 Å². The van der Waals surface area contributed by atoms with E-state index in [0.717, 1.165) is 18.0 Å². The van der Waals surface area contributed by atoms with Gasteiger partial charge in [-0.3, -0.25) is 13.9 Å². The van der Waals surface area contributed by atoms with Crippen molar-refractivity contribution in [1.29, 1.82) is 0 Å². The molecule has 1 aliphatic rings. The van der Waals surface area contributed by atoms with Gasteiger partial charge in [0.2, 0.25) is 0 Å². The Labute approximate surface area is 140 Å². The van der Waals surface area contributed by atoms with Crippen LogP contribution in [0.15, 0.2) is 29.2 Å². The lowest BCUT2D eigenvalue weighted by molar-refractivity contribution is 0.00577. The van der Waals surface area contributed by atoms with E-state index in [1.54, 1.807) is 44.4 Å². The van der Waals surface area contributed by atoms with Crippen LogP contribution in [0.3, 0.4) is 0 Å². The molecule has 0 spiro atoms. The zero-order valence-electron chi connectivity index (χ0n) is 14.3. The Morgan fingerprint density at radius 1 is 1.30 bits per heavy atom. The van der Waals surface area contributed by atoms with Gasteiger partial charge in [0.1, 0.15) is 0 Å². The Hall–Kier alpha value is -1.24. The van der Waals surface area contributed by atoms with Crippen LogP contribution in [0.2, 0.25) is 0 Å². The molecule has 6 heteroatoms. The number of piperazine rings is 1. The number of rotatable bonds is 4. The number of nitrogens with zero attached hydrogens (tertiary/aromatic N) is 2. The Bertz CT molecular complexity index is 580. The number of aliphatic hydroxyl groups is 1. The van der Waals surface area contributed by atoms with Crippen LogP contribution >= 0.6 is 0 Å². The molecule has 0 saturated carbocycles. The first-order chi connectivity index (χ1) is 10.7. The summed E-state index contributed by atoms with van der Waals surface area (Å²) in [6.07, 6.45) is 1.63. The Balaban J connectivity index is 2.02. The molecular formula is C17H26N2O3S. The van der Waals surface area contributed by atoms with Crippen LogP contribution in [-0.4, -0.2) is 69.1 Å². The van der Waals surface area contributed by atoms with E-state index in [4.69, 9.17) is 0 Å². The molecule has 0 radical (unpaired) electrons. The summed E-state index contributed by atoms with van der Waals surface area (Å²) in [6, 6.07) is 7.08. The van der Waals surface area contributed by atoms with Crippen LogP contribution < -0.4 is 0 Å². The van der Waals surface area contributed by atoms with Crippen molar-refractivity contribution in [1.82, 2.24) is 9.80 Å². The minimum atomic E-state index is -1.03. The SMILES string of the molecule is CC1CN(CC(C)(C)O)CCN1C(=O)c1ccc(S(C)=O)cc1. The van der Waals surface area contributed by atoms with Crippen molar-refractivity contribution in [2.45, 2.75) is 37.3 Å². The molecule has 1 N–H and O–H groups in total. The lowest BCUT2D eigenvalue weighted by atomic mass is 10.1. The van der Waals surface area contributed by atoms with Crippen molar-refractivity contribution >= 4 is 16.7 Å². The van der Waals surface area contributed by atoms with E-state index in [1.165, 1.54) is 0 Å². The minimum absolute atomic E-state index is 0.00819. The maximum absolute atomic E-state index is 12.7. The first-order valence-electron chi connectivity index (χ1n) is 7.86. The fourth-order valence-corrected chi connectivity index (χ4v) is 3.50. The highest BCUT2D eigenvalue weighted by Crippen LogP contribution is 2.17. The molecule has 2 unspecified atom stereocenters. The minimum Gasteiger partial charge on any atom is -0.389 e. The molecule has 2 rings (SSSR count). The molecule has 0 aromatic heterocycles. The fraction of sp³-hybridized carbons (Fsp3) is 0.588. The molecule has 1 aliphatic heterocycles. The second-order valence-corrected chi connectivity index (χ2v) is 8.25. The maximum Gasteiger partial charge on any atom is 0.254 e. The molecule has 2 atom stereocenters. The van der Waals surface area contributed by atoms with Gasteiger partial charge in [-0.2, -0.15) is 0 Å². The standard InChI is InChI=1S/C17H26N2O3S/c1-13-11-18(12-17(2,3)21)9-10-19(13)16(20)14-5-7-15(8-6-14)23(4)22/h5-8,13,21H,9-12H2,1-4H3. The van der Waals surface area contributed by atoms with Gasteiger partial charge < -0.3 is 10.0 Å². The highest BCUT2D eigenvalue weighted by molar-refractivity contribution is 7.84. The molecule has 1 fully saturated rings. The topological polar surface area (TPSA) is 60.9 Å². The number of carbonyl (C=O) groups is 1. The average Bonchev–Trinajstić information content (AvgIpc) is 2.45. The van der Waals surface area contributed by atoms with Gasteiger partial charge in [-0.15, -0.1) is 0 Å². The molecule has 1 aromatic rings. The summed E-state index contributed by atoms with van der Waals surface area (Å²) in [6.45, 7) is 8.41.